The van der Waals surface area contributed by atoms with Gasteiger partial charge >= 0.3 is 0 Å². The molecule has 2 aliphatic rings. The quantitative estimate of drug-likeness (QED) is 0.549. The van der Waals surface area contributed by atoms with Crippen molar-refractivity contribution in [3.05, 3.63) is 11.6 Å². The molecule has 0 spiro atoms. The van der Waals surface area contributed by atoms with Gasteiger partial charge in [-0.05, 0) is 25.7 Å². The van der Waals surface area contributed by atoms with Crippen LogP contribution in [0.4, 0.5) is 0 Å². The fraction of sp³-hybridized carbons (Fsp3) is 0.688. The van der Waals surface area contributed by atoms with E-state index >= 15 is 0 Å². The van der Waals surface area contributed by atoms with Crippen LogP contribution >= 0.6 is 0 Å². The molecule has 1 unspecified atom stereocenters. The summed E-state index contributed by atoms with van der Waals surface area (Å²) in [7, 11) is -1.31. The second kappa shape index (κ2) is 6.60. The van der Waals surface area contributed by atoms with Crippen LogP contribution < -0.4 is 0 Å². The Morgan fingerprint density at radius 2 is 2.20 bits per heavy atom. The van der Waals surface area contributed by atoms with E-state index in [2.05, 4.69) is 37.2 Å². The number of hydrogen-bond donors (Lipinski definition) is 0. The van der Waals surface area contributed by atoms with Gasteiger partial charge in [-0.15, -0.1) is 5.54 Å². The lowest BCUT2D eigenvalue weighted by atomic mass is 10.1. The number of amides is 1. The molecule has 1 atom stereocenters. The molecule has 2 aliphatic heterocycles. The SMILES string of the molecule is C[Si](C)(C)C#CC1=CCN(C(=O)C2CCCCO2)CC1. The lowest BCUT2D eigenvalue weighted by molar-refractivity contribution is -0.146. The fourth-order valence-corrected chi connectivity index (χ4v) is 2.93. The van der Waals surface area contributed by atoms with Crippen LogP contribution in [0.3, 0.4) is 0 Å². The Hall–Kier alpha value is -1.05. The van der Waals surface area contributed by atoms with Crippen molar-refractivity contribution in [3.63, 3.8) is 0 Å². The Labute approximate surface area is 123 Å². The molecule has 0 aromatic carbocycles. The Morgan fingerprint density at radius 3 is 2.75 bits per heavy atom. The van der Waals surface area contributed by atoms with Crippen molar-refractivity contribution < 1.29 is 9.53 Å². The molecular weight excluding hydrogens is 266 g/mol. The highest BCUT2D eigenvalue weighted by Gasteiger charge is 2.27. The minimum Gasteiger partial charge on any atom is -0.368 e. The molecule has 0 bridgehead atoms. The van der Waals surface area contributed by atoms with Crippen molar-refractivity contribution in [2.75, 3.05) is 19.7 Å². The van der Waals surface area contributed by atoms with Gasteiger partial charge in [-0.25, -0.2) is 0 Å². The summed E-state index contributed by atoms with van der Waals surface area (Å²) in [5, 5.41) is 0. The monoisotopic (exact) mass is 291 g/mol. The van der Waals surface area contributed by atoms with Gasteiger partial charge in [0.05, 0.1) is 0 Å². The van der Waals surface area contributed by atoms with Crippen LogP contribution in [0.15, 0.2) is 11.6 Å². The van der Waals surface area contributed by atoms with E-state index in [-0.39, 0.29) is 12.0 Å². The van der Waals surface area contributed by atoms with Crippen molar-refractivity contribution in [2.45, 2.75) is 51.4 Å². The van der Waals surface area contributed by atoms with Gasteiger partial charge in [-0.1, -0.05) is 31.6 Å². The number of hydrogen-bond acceptors (Lipinski definition) is 2. The van der Waals surface area contributed by atoms with E-state index in [9.17, 15) is 4.79 Å². The smallest absolute Gasteiger partial charge is 0.251 e. The third kappa shape index (κ3) is 4.50. The van der Waals surface area contributed by atoms with E-state index in [0.29, 0.717) is 6.54 Å². The van der Waals surface area contributed by atoms with Gasteiger partial charge in [0.15, 0.2) is 0 Å². The summed E-state index contributed by atoms with van der Waals surface area (Å²) in [6, 6.07) is 0. The Kier molecular flexibility index (Phi) is 5.06. The van der Waals surface area contributed by atoms with Gasteiger partial charge in [0, 0.05) is 25.3 Å². The minimum absolute atomic E-state index is 0.165. The first-order valence-corrected chi connectivity index (χ1v) is 11.1. The van der Waals surface area contributed by atoms with Crippen LogP contribution in [0.1, 0.15) is 25.7 Å². The van der Waals surface area contributed by atoms with Gasteiger partial charge in [-0.2, -0.15) is 0 Å². The number of ether oxygens (including phenoxy) is 1. The molecule has 0 aromatic heterocycles. The fourth-order valence-electron chi connectivity index (χ4n) is 2.39. The molecule has 4 heteroatoms. The largest absolute Gasteiger partial charge is 0.368 e. The zero-order valence-electron chi connectivity index (χ0n) is 12.9. The van der Waals surface area contributed by atoms with Crippen molar-refractivity contribution in [3.8, 4) is 11.5 Å². The van der Waals surface area contributed by atoms with E-state index < -0.39 is 8.07 Å². The van der Waals surface area contributed by atoms with Gasteiger partial charge in [0.25, 0.3) is 5.91 Å². The molecule has 1 amide bonds. The van der Waals surface area contributed by atoms with E-state index in [1.54, 1.807) is 0 Å². The van der Waals surface area contributed by atoms with Crippen LogP contribution in [0.5, 0.6) is 0 Å². The molecule has 0 saturated carbocycles. The highest BCUT2D eigenvalue weighted by Crippen LogP contribution is 2.18. The molecule has 1 saturated heterocycles. The summed E-state index contributed by atoms with van der Waals surface area (Å²) in [6.45, 7) is 8.95. The summed E-state index contributed by atoms with van der Waals surface area (Å²) < 4.78 is 5.58. The standard InChI is InChI=1S/C16H25NO2Si/c1-20(2,3)13-9-14-7-10-17(11-8-14)16(18)15-6-4-5-12-19-15/h7,15H,4-6,8,10-12H2,1-3H3. The molecule has 20 heavy (non-hydrogen) atoms. The summed E-state index contributed by atoms with van der Waals surface area (Å²) in [5.41, 5.74) is 4.59. The van der Waals surface area contributed by atoms with Crippen LogP contribution in [0.25, 0.3) is 0 Å². The summed E-state index contributed by atoms with van der Waals surface area (Å²) in [5.74, 6) is 3.47. The summed E-state index contributed by atoms with van der Waals surface area (Å²) in [4.78, 5) is 14.2. The maximum atomic E-state index is 12.3. The predicted molar refractivity (Wildman–Crippen MR) is 84.0 cm³/mol. The second-order valence-corrected chi connectivity index (χ2v) is 11.4. The van der Waals surface area contributed by atoms with E-state index in [1.807, 2.05) is 4.90 Å². The van der Waals surface area contributed by atoms with Gasteiger partial charge in [-0.3, -0.25) is 4.79 Å². The van der Waals surface area contributed by atoms with Crippen molar-refractivity contribution in [1.29, 1.82) is 0 Å². The minimum atomic E-state index is -1.31. The Bertz CT molecular complexity index is 447. The molecule has 1 fully saturated rings. The number of nitrogens with zero attached hydrogens (tertiary/aromatic N) is 1. The molecule has 2 rings (SSSR count). The Balaban J connectivity index is 1.90. The first-order valence-electron chi connectivity index (χ1n) is 7.58. The molecule has 110 valence electrons. The summed E-state index contributed by atoms with van der Waals surface area (Å²) >= 11 is 0. The lowest BCUT2D eigenvalue weighted by Gasteiger charge is -2.30. The van der Waals surface area contributed by atoms with Crippen LogP contribution in [-0.2, 0) is 9.53 Å². The number of carbonyl (C=O) groups excluding carboxylic acids is 1. The third-order valence-corrected chi connectivity index (χ3v) is 4.45. The normalized spacial score (nSPS) is 23.6. The van der Waals surface area contributed by atoms with Crippen molar-refractivity contribution in [2.24, 2.45) is 0 Å². The predicted octanol–water partition coefficient (Wildman–Crippen LogP) is 2.60. The molecular formula is C16H25NO2Si. The highest BCUT2D eigenvalue weighted by molar-refractivity contribution is 6.83. The van der Waals surface area contributed by atoms with Crippen molar-refractivity contribution in [1.82, 2.24) is 4.90 Å². The first-order chi connectivity index (χ1) is 9.46. The number of rotatable bonds is 1. The van der Waals surface area contributed by atoms with Crippen LogP contribution in [0.2, 0.25) is 19.6 Å². The molecule has 0 aliphatic carbocycles. The van der Waals surface area contributed by atoms with Crippen molar-refractivity contribution >= 4 is 14.0 Å². The lowest BCUT2D eigenvalue weighted by Crippen LogP contribution is -2.43. The zero-order valence-corrected chi connectivity index (χ0v) is 13.9. The number of carbonyl (C=O) groups is 1. The third-order valence-electron chi connectivity index (χ3n) is 3.57. The molecule has 0 aromatic rings. The average molecular weight is 291 g/mol. The Morgan fingerprint density at radius 1 is 1.40 bits per heavy atom. The van der Waals surface area contributed by atoms with Gasteiger partial charge < -0.3 is 9.64 Å². The van der Waals surface area contributed by atoms with Crippen LogP contribution in [-0.4, -0.2) is 44.7 Å². The molecule has 0 N–H and O–H groups in total. The summed E-state index contributed by atoms with van der Waals surface area (Å²) in [6.07, 6.45) is 5.86. The maximum Gasteiger partial charge on any atom is 0.251 e. The van der Waals surface area contributed by atoms with Gasteiger partial charge in [0.2, 0.25) is 0 Å². The van der Waals surface area contributed by atoms with E-state index in [0.717, 1.165) is 38.8 Å². The van der Waals surface area contributed by atoms with E-state index in [1.165, 1.54) is 5.57 Å². The molecule has 3 nitrogen and oxygen atoms in total. The van der Waals surface area contributed by atoms with Crippen LogP contribution in [0, 0.1) is 11.5 Å². The zero-order chi connectivity index (χ0) is 14.6. The van der Waals surface area contributed by atoms with E-state index in [4.69, 9.17) is 4.74 Å². The molecule has 2 heterocycles. The first kappa shape index (κ1) is 15.3. The maximum absolute atomic E-state index is 12.3. The molecule has 0 radical (unpaired) electrons. The second-order valence-electron chi connectivity index (χ2n) is 6.62. The average Bonchev–Trinajstić information content (AvgIpc) is 2.45. The van der Waals surface area contributed by atoms with Gasteiger partial charge in [0.1, 0.15) is 14.2 Å². The highest BCUT2D eigenvalue weighted by atomic mass is 28.3. The topological polar surface area (TPSA) is 29.5 Å².